The molecule has 0 aromatic carbocycles. The summed E-state index contributed by atoms with van der Waals surface area (Å²) < 4.78 is 9.75. The zero-order chi connectivity index (χ0) is 5.82. The lowest BCUT2D eigenvalue weighted by Crippen LogP contribution is -2.31. The highest BCUT2D eigenvalue weighted by Crippen LogP contribution is 2.08. The third-order valence-electron chi connectivity index (χ3n) is 1.11. The average Bonchev–Trinajstić information content (AvgIpc) is 1.63. The number of ether oxygens (including phenoxy) is 2. The van der Waals surface area contributed by atoms with Gasteiger partial charge in [-0.25, -0.2) is 0 Å². The fourth-order valence-electron chi connectivity index (χ4n) is 0.556. The molecule has 1 rings (SSSR count). The summed E-state index contributed by atoms with van der Waals surface area (Å²) in [5.41, 5.74) is 1.30. The Morgan fingerprint density at radius 1 is 1.75 bits per heavy atom. The molecule has 1 heterocycles. The molecule has 1 aliphatic rings. The van der Waals surface area contributed by atoms with E-state index in [1.165, 1.54) is 5.55 Å². The van der Waals surface area contributed by atoms with Crippen molar-refractivity contribution in [3.05, 3.63) is 0 Å². The van der Waals surface area contributed by atoms with Crippen LogP contribution in [0.3, 0.4) is 0 Å². The molecule has 0 aliphatic carbocycles. The molecule has 1 fully saturated rings. The van der Waals surface area contributed by atoms with Gasteiger partial charge in [0.1, 0.15) is 5.55 Å². The first-order valence-electron chi connectivity index (χ1n) is 2.56. The Hall–Kier alpha value is -0.150. The molecule has 1 saturated heterocycles. The topological polar surface area (TPSA) is 18.5 Å². The monoisotopic (exact) mass is 132 g/mol. The normalized spacial score (nSPS) is 19.5. The fourth-order valence-corrected chi connectivity index (χ4v) is 0.635. The zero-order valence-electron chi connectivity index (χ0n) is 4.50. The Morgan fingerprint density at radius 3 is 2.88 bits per heavy atom. The summed E-state index contributed by atoms with van der Waals surface area (Å²) in [4.78, 5) is 0. The third-order valence-corrected chi connectivity index (χ3v) is 1.24. The first kappa shape index (κ1) is 5.98. The van der Waals surface area contributed by atoms with E-state index in [1.54, 1.807) is 0 Å². The van der Waals surface area contributed by atoms with Crippen LogP contribution < -0.4 is 0 Å². The predicted octanol–water partition coefficient (Wildman–Crippen LogP) is 0.607. The molecular weight excluding hydrogens is 124 g/mol. The Labute approximate surface area is 53.8 Å². The van der Waals surface area contributed by atoms with Crippen LogP contribution in [0.5, 0.6) is 0 Å². The average molecular weight is 132 g/mol. The van der Waals surface area contributed by atoms with Gasteiger partial charge in [0.15, 0.2) is 0 Å². The van der Waals surface area contributed by atoms with E-state index in [1.807, 2.05) is 0 Å². The second-order valence-electron chi connectivity index (χ2n) is 1.83. The molecule has 2 nitrogen and oxygen atoms in total. The van der Waals surface area contributed by atoms with E-state index in [0.29, 0.717) is 5.92 Å². The molecule has 0 amide bonds. The molecule has 8 heavy (non-hydrogen) atoms. The second-order valence-corrected chi connectivity index (χ2v) is 2.03. The molecule has 0 spiro atoms. The number of thiocarbonyl (C=S) groups is 1. The van der Waals surface area contributed by atoms with E-state index in [-0.39, 0.29) is 0 Å². The summed E-state index contributed by atoms with van der Waals surface area (Å²) >= 11 is 4.45. The molecule has 0 unspecified atom stereocenters. The maximum absolute atomic E-state index is 4.90. The molecule has 1 aliphatic heterocycles. The van der Waals surface area contributed by atoms with E-state index >= 15 is 0 Å². The molecule has 0 aromatic rings. The standard InChI is InChI=1S/C5H8O2S/c8-4-7-3-5-1-6-2-5/h4-5H,1-3H2. The molecule has 46 valence electrons. The van der Waals surface area contributed by atoms with Crippen LogP contribution in [0.4, 0.5) is 0 Å². The van der Waals surface area contributed by atoms with Gasteiger partial charge in [-0.05, 0) is 12.2 Å². The Bertz CT molecular complexity index is 80.5. The summed E-state index contributed by atoms with van der Waals surface area (Å²) in [6, 6.07) is 0. The Morgan fingerprint density at radius 2 is 2.50 bits per heavy atom. The van der Waals surface area contributed by atoms with Crippen molar-refractivity contribution in [3.63, 3.8) is 0 Å². The van der Waals surface area contributed by atoms with Crippen molar-refractivity contribution < 1.29 is 9.47 Å². The van der Waals surface area contributed by atoms with Gasteiger partial charge in [0.2, 0.25) is 0 Å². The highest BCUT2D eigenvalue weighted by atomic mass is 32.1. The fraction of sp³-hybridized carbons (Fsp3) is 0.800. The van der Waals surface area contributed by atoms with Crippen molar-refractivity contribution in [1.29, 1.82) is 0 Å². The van der Waals surface area contributed by atoms with Crippen LogP contribution in [-0.2, 0) is 9.47 Å². The van der Waals surface area contributed by atoms with Crippen molar-refractivity contribution in [1.82, 2.24) is 0 Å². The molecule has 3 heteroatoms. The zero-order valence-corrected chi connectivity index (χ0v) is 5.32. The molecule has 0 saturated carbocycles. The minimum absolute atomic E-state index is 0.592. The highest BCUT2D eigenvalue weighted by molar-refractivity contribution is 7.78. The van der Waals surface area contributed by atoms with E-state index in [4.69, 9.17) is 9.47 Å². The smallest absolute Gasteiger partial charge is 0.146 e. The van der Waals surface area contributed by atoms with Crippen molar-refractivity contribution in [3.8, 4) is 0 Å². The minimum atomic E-state index is 0.592. The predicted molar refractivity (Wildman–Crippen MR) is 33.9 cm³/mol. The largest absolute Gasteiger partial charge is 0.489 e. The van der Waals surface area contributed by atoms with Gasteiger partial charge in [-0.3, -0.25) is 0 Å². The van der Waals surface area contributed by atoms with Crippen molar-refractivity contribution in [2.45, 2.75) is 0 Å². The van der Waals surface area contributed by atoms with Crippen LogP contribution in [0, 0.1) is 5.92 Å². The molecule has 0 atom stereocenters. The quantitative estimate of drug-likeness (QED) is 0.524. The van der Waals surface area contributed by atoms with Crippen molar-refractivity contribution in [2.24, 2.45) is 5.92 Å². The molecule has 0 radical (unpaired) electrons. The van der Waals surface area contributed by atoms with Crippen LogP contribution in [-0.4, -0.2) is 25.4 Å². The van der Waals surface area contributed by atoms with Crippen LogP contribution >= 0.6 is 12.2 Å². The maximum atomic E-state index is 4.90. The van der Waals surface area contributed by atoms with Gasteiger partial charge in [-0.1, -0.05) is 0 Å². The minimum Gasteiger partial charge on any atom is -0.489 e. The molecule has 0 N–H and O–H groups in total. The molecule has 0 aromatic heterocycles. The van der Waals surface area contributed by atoms with E-state index in [0.717, 1.165) is 19.8 Å². The van der Waals surface area contributed by atoms with Crippen LogP contribution in [0.1, 0.15) is 0 Å². The lowest BCUT2D eigenvalue weighted by atomic mass is 10.1. The maximum Gasteiger partial charge on any atom is 0.146 e. The summed E-state index contributed by atoms with van der Waals surface area (Å²) in [5.74, 6) is 0.592. The van der Waals surface area contributed by atoms with Gasteiger partial charge in [-0.2, -0.15) is 0 Å². The van der Waals surface area contributed by atoms with Crippen LogP contribution in [0.2, 0.25) is 0 Å². The highest BCUT2D eigenvalue weighted by Gasteiger charge is 2.17. The number of hydrogen-bond donors (Lipinski definition) is 0. The third kappa shape index (κ3) is 1.42. The first-order chi connectivity index (χ1) is 3.93. The SMILES string of the molecule is S=COCC1COC1. The summed E-state index contributed by atoms with van der Waals surface area (Å²) in [6.45, 7) is 2.40. The second kappa shape index (κ2) is 2.99. The van der Waals surface area contributed by atoms with Gasteiger partial charge < -0.3 is 9.47 Å². The lowest BCUT2D eigenvalue weighted by molar-refractivity contribution is -0.0514. The molecular formula is C5H8O2S. The molecule has 0 bridgehead atoms. The van der Waals surface area contributed by atoms with E-state index in [2.05, 4.69) is 12.2 Å². The van der Waals surface area contributed by atoms with Crippen LogP contribution in [0.25, 0.3) is 0 Å². The van der Waals surface area contributed by atoms with Gasteiger partial charge >= 0.3 is 0 Å². The summed E-state index contributed by atoms with van der Waals surface area (Å²) in [7, 11) is 0. The van der Waals surface area contributed by atoms with Crippen LogP contribution in [0.15, 0.2) is 0 Å². The Balaban J connectivity index is 1.93. The lowest BCUT2D eigenvalue weighted by Gasteiger charge is -2.24. The Kier molecular flexibility index (Phi) is 2.24. The van der Waals surface area contributed by atoms with E-state index < -0.39 is 0 Å². The van der Waals surface area contributed by atoms with Gasteiger partial charge in [0.05, 0.1) is 19.8 Å². The van der Waals surface area contributed by atoms with Crippen molar-refractivity contribution in [2.75, 3.05) is 19.8 Å². The van der Waals surface area contributed by atoms with Gasteiger partial charge in [0.25, 0.3) is 0 Å². The first-order valence-corrected chi connectivity index (χ1v) is 3.03. The number of rotatable bonds is 3. The van der Waals surface area contributed by atoms with Crippen molar-refractivity contribution >= 4 is 17.8 Å². The van der Waals surface area contributed by atoms with E-state index in [9.17, 15) is 0 Å². The number of hydrogen-bond acceptors (Lipinski definition) is 3. The summed E-state index contributed by atoms with van der Waals surface area (Å²) in [6.07, 6.45) is 0. The van der Waals surface area contributed by atoms with Gasteiger partial charge in [-0.15, -0.1) is 0 Å². The summed E-state index contributed by atoms with van der Waals surface area (Å²) in [5, 5.41) is 0. The van der Waals surface area contributed by atoms with Gasteiger partial charge in [0, 0.05) is 5.92 Å².